The maximum atomic E-state index is 4.10. The zero-order chi connectivity index (χ0) is 5.11. The molecule has 0 spiro atoms. The van der Waals surface area contributed by atoms with Gasteiger partial charge >= 0.3 is 0 Å². The molecule has 0 N–H and O–H groups in total. The van der Waals surface area contributed by atoms with Crippen molar-refractivity contribution < 1.29 is 0 Å². The van der Waals surface area contributed by atoms with E-state index in [0.29, 0.717) is 6.04 Å². The van der Waals surface area contributed by atoms with Crippen molar-refractivity contribution in [3.8, 4) is 6.07 Å². The van der Waals surface area contributed by atoms with Gasteiger partial charge in [0.1, 0.15) is 0 Å². The van der Waals surface area contributed by atoms with Gasteiger partial charge in [-0.1, -0.05) is 4.85 Å². The largest absolute Gasteiger partial charge is 0.273 e. The molecular formula is C6H10N+. The van der Waals surface area contributed by atoms with E-state index in [-0.39, 0.29) is 0 Å². The summed E-state index contributed by atoms with van der Waals surface area (Å²) in [4.78, 5) is 4.10. The average Bonchev–Trinajstić information content (AvgIpc) is 2.42. The first-order valence-electron chi connectivity index (χ1n) is 2.86. The Kier molecular flexibility index (Phi) is 1.31. The van der Waals surface area contributed by atoms with Crippen LogP contribution < -0.4 is 0 Å². The fraction of sp³-hybridized carbons (Fsp3) is 0.833. The summed E-state index contributed by atoms with van der Waals surface area (Å²) in [6.45, 7) is 2.06. The van der Waals surface area contributed by atoms with E-state index < -0.39 is 0 Å². The predicted molar refractivity (Wildman–Crippen MR) is 30.6 cm³/mol. The highest BCUT2D eigenvalue weighted by Crippen LogP contribution is 2.23. The summed E-state index contributed by atoms with van der Waals surface area (Å²) >= 11 is 0. The lowest BCUT2D eigenvalue weighted by molar-refractivity contribution is 1.23. The smallest absolute Gasteiger partial charge is 0.0804 e. The van der Waals surface area contributed by atoms with E-state index >= 15 is 0 Å². The summed E-state index contributed by atoms with van der Waals surface area (Å²) in [6, 6.07) is 3.60. The molecule has 0 bridgehead atoms. The van der Waals surface area contributed by atoms with Gasteiger partial charge in [0.15, 0.2) is 0 Å². The van der Waals surface area contributed by atoms with Gasteiger partial charge < -0.3 is 0 Å². The molecule has 7 heavy (non-hydrogen) atoms. The van der Waals surface area contributed by atoms with Crippen LogP contribution in [-0.2, 0) is 0 Å². The number of hydrogen-bond donors (Lipinski definition) is 0. The topological polar surface area (TPSA) is 4.36 Å². The van der Waals surface area contributed by atoms with Crippen LogP contribution in [0.3, 0.4) is 0 Å². The van der Waals surface area contributed by atoms with Crippen molar-refractivity contribution in [2.75, 3.05) is 0 Å². The first kappa shape index (κ1) is 4.64. The Balaban J connectivity index is 2.16. The predicted octanol–water partition coefficient (Wildman–Crippen LogP) is 1.89. The molecule has 0 aromatic rings. The van der Waals surface area contributed by atoms with Gasteiger partial charge in [0.2, 0.25) is 0 Å². The lowest BCUT2D eigenvalue weighted by atomic mass is 10.6. The molecule has 1 aliphatic rings. The summed E-state index contributed by atoms with van der Waals surface area (Å²) < 4.78 is 0. The molecule has 0 aromatic carbocycles. The minimum absolute atomic E-state index is 0.667. The first-order chi connectivity index (χ1) is 3.43. The Morgan fingerprint density at radius 3 is 2.86 bits per heavy atom. The molecule has 1 aliphatic carbocycles. The normalized spacial score (nSPS) is 17.9. The van der Waals surface area contributed by atoms with Crippen LogP contribution in [-0.4, -0.2) is 6.04 Å². The van der Waals surface area contributed by atoms with E-state index in [0.717, 1.165) is 6.42 Å². The average molecular weight is 96.2 g/mol. The molecule has 1 fully saturated rings. The van der Waals surface area contributed by atoms with E-state index in [9.17, 15) is 0 Å². The van der Waals surface area contributed by atoms with Gasteiger partial charge in [-0.3, -0.25) is 0 Å². The summed E-state index contributed by atoms with van der Waals surface area (Å²) in [6.07, 6.45) is 3.57. The molecule has 0 saturated heterocycles. The lowest BCUT2D eigenvalue weighted by Crippen LogP contribution is -1.61. The molecule has 1 heteroatoms. The van der Waals surface area contributed by atoms with Gasteiger partial charge in [0.25, 0.3) is 12.1 Å². The maximum absolute atomic E-state index is 4.10. The van der Waals surface area contributed by atoms with Crippen LogP contribution in [0.15, 0.2) is 0 Å². The standard InChI is InChI=1S/C6H10N/c1-2-5-7-6-3-4-6/h6H,2-4H2,1H3/q+1. The maximum Gasteiger partial charge on any atom is 0.273 e. The molecule has 38 valence electrons. The Bertz CT molecular complexity index is 103. The minimum atomic E-state index is 0.667. The molecule has 1 rings (SSSR count). The van der Waals surface area contributed by atoms with E-state index in [4.69, 9.17) is 0 Å². The summed E-state index contributed by atoms with van der Waals surface area (Å²) in [5, 5.41) is 0. The Hall–Kier alpha value is -0.510. The van der Waals surface area contributed by atoms with Gasteiger partial charge in [-0.15, -0.1) is 0 Å². The molecule has 1 saturated carbocycles. The highest BCUT2D eigenvalue weighted by Gasteiger charge is 2.31. The molecule has 0 amide bonds. The van der Waals surface area contributed by atoms with Crippen LogP contribution in [0.25, 0.3) is 4.85 Å². The van der Waals surface area contributed by atoms with Crippen molar-refractivity contribution >= 4 is 0 Å². The van der Waals surface area contributed by atoms with Gasteiger partial charge in [0, 0.05) is 12.8 Å². The van der Waals surface area contributed by atoms with Crippen molar-refractivity contribution in [3.05, 3.63) is 4.85 Å². The van der Waals surface area contributed by atoms with Gasteiger partial charge in [-0.2, -0.15) is 0 Å². The zero-order valence-electron chi connectivity index (χ0n) is 4.65. The van der Waals surface area contributed by atoms with Crippen molar-refractivity contribution in [1.29, 1.82) is 0 Å². The van der Waals surface area contributed by atoms with Crippen LogP contribution in [0.1, 0.15) is 26.2 Å². The van der Waals surface area contributed by atoms with Crippen molar-refractivity contribution in [2.24, 2.45) is 0 Å². The van der Waals surface area contributed by atoms with E-state index in [1.807, 2.05) is 0 Å². The van der Waals surface area contributed by atoms with Crippen LogP contribution in [0.5, 0.6) is 0 Å². The second kappa shape index (κ2) is 1.97. The third-order valence-corrected chi connectivity index (χ3v) is 0.979. The number of hydrogen-bond acceptors (Lipinski definition) is 0. The monoisotopic (exact) mass is 96.1 g/mol. The summed E-state index contributed by atoms with van der Waals surface area (Å²) in [5.41, 5.74) is 0. The number of nitrogens with zero attached hydrogens (tertiary/aromatic N) is 1. The fourth-order valence-electron chi connectivity index (χ4n) is 0.424. The van der Waals surface area contributed by atoms with Gasteiger partial charge in [-0.05, 0) is 6.92 Å². The summed E-state index contributed by atoms with van der Waals surface area (Å²) in [7, 11) is 0. The highest BCUT2D eigenvalue weighted by molar-refractivity contribution is 4.99. The molecule has 0 radical (unpaired) electrons. The van der Waals surface area contributed by atoms with Crippen LogP contribution in [0.4, 0.5) is 0 Å². The van der Waals surface area contributed by atoms with E-state index in [2.05, 4.69) is 17.8 Å². The number of rotatable bonds is 0. The second-order valence-electron chi connectivity index (χ2n) is 1.87. The van der Waals surface area contributed by atoms with Gasteiger partial charge in [0.05, 0.1) is 6.42 Å². The lowest BCUT2D eigenvalue weighted by Gasteiger charge is -1.53. The SMILES string of the molecule is CCC#[N+]C1CC1. The molecule has 0 aromatic heterocycles. The molecular weight excluding hydrogens is 86.1 g/mol. The molecule has 0 heterocycles. The molecule has 0 unspecified atom stereocenters. The van der Waals surface area contributed by atoms with Crippen LogP contribution >= 0.6 is 0 Å². The molecule has 0 aliphatic heterocycles. The summed E-state index contributed by atoms with van der Waals surface area (Å²) in [5.74, 6) is 0. The molecule has 0 atom stereocenters. The quantitative estimate of drug-likeness (QED) is 0.433. The second-order valence-corrected chi connectivity index (χ2v) is 1.87. The minimum Gasteiger partial charge on any atom is -0.0804 e. The first-order valence-corrected chi connectivity index (χ1v) is 2.86. The van der Waals surface area contributed by atoms with Crippen molar-refractivity contribution in [3.63, 3.8) is 0 Å². The third kappa shape index (κ3) is 1.59. The van der Waals surface area contributed by atoms with Crippen LogP contribution in [0, 0.1) is 6.07 Å². The zero-order valence-corrected chi connectivity index (χ0v) is 4.65. The molecule has 1 nitrogen and oxygen atoms in total. The van der Waals surface area contributed by atoms with E-state index in [1.54, 1.807) is 0 Å². The highest BCUT2D eigenvalue weighted by atomic mass is 14.8. The Morgan fingerprint density at radius 1 is 1.71 bits per heavy atom. The Morgan fingerprint density at radius 2 is 2.43 bits per heavy atom. The van der Waals surface area contributed by atoms with Gasteiger partial charge in [-0.25, -0.2) is 0 Å². The van der Waals surface area contributed by atoms with Crippen LogP contribution in [0.2, 0.25) is 0 Å². The Labute approximate surface area is 44.2 Å². The van der Waals surface area contributed by atoms with Crippen molar-refractivity contribution in [2.45, 2.75) is 32.2 Å². The third-order valence-electron chi connectivity index (χ3n) is 0.979. The van der Waals surface area contributed by atoms with Crippen molar-refractivity contribution in [1.82, 2.24) is 0 Å². The van der Waals surface area contributed by atoms with E-state index in [1.165, 1.54) is 12.8 Å². The fourth-order valence-corrected chi connectivity index (χ4v) is 0.424.